The van der Waals surface area contributed by atoms with Crippen molar-refractivity contribution in [2.45, 2.75) is 0 Å². The minimum absolute atomic E-state index is 0.0133. The minimum atomic E-state index is -0.0133. The van der Waals surface area contributed by atoms with Gasteiger partial charge in [0.05, 0.1) is 11.6 Å². The summed E-state index contributed by atoms with van der Waals surface area (Å²) in [6.07, 6.45) is 1.46. The number of aromatic hydroxyl groups is 1. The lowest BCUT2D eigenvalue weighted by Gasteiger charge is -2.00. The fourth-order valence-corrected chi connectivity index (χ4v) is 1.16. The summed E-state index contributed by atoms with van der Waals surface area (Å²) >= 11 is 0. The topological polar surface area (TPSA) is 73.5 Å². The lowest BCUT2D eigenvalue weighted by molar-refractivity contribution is 0.173. The molecule has 0 aliphatic rings. The summed E-state index contributed by atoms with van der Waals surface area (Å²) in [4.78, 5) is 4.88. The van der Waals surface area contributed by atoms with Gasteiger partial charge in [0.2, 0.25) is 5.71 Å². The molecule has 2 aromatic heterocycles. The molecule has 5 heteroatoms. The van der Waals surface area contributed by atoms with E-state index in [1.165, 1.54) is 18.1 Å². The van der Waals surface area contributed by atoms with E-state index in [1.807, 2.05) is 0 Å². The van der Waals surface area contributed by atoms with Gasteiger partial charge in [0.25, 0.3) is 0 Å². The van der Waals surface area contributed by atoms with Gasteiger partial charge in [0, 0.05) is 0 Å². The second kappa shape index (κ2) is 2.10. The van der Waals surface area contributed by atoms with E-state index < -0.39 is 0 Å². The predicted octanol–water partition coefficient (Wildman–Crippen LogP) is 0.581. The molecule has 5 nitrogen and oxygen atoms in total. The van der Waals surface area contributed by atoms with Gasteiger partial charge >= 0.3 is 0 Å². The quantitative estimate of drug-likeness (QED) is 0.653. The van der Waals surface area contributed by atoms with Crippen molar-refractivity contribution < 1.29 is 14.4 Å². The zero-order valence-corrected chi connectivity index (χ0v) is 6.44. The second-order valence-corrected chi connectivity index (χ2v) is 2.35. The molecule has 0 aliphatic heterocycles. The van der Waals surface area contributed by atoms with Crippen LogP contribution in [0.3, 0.4) is 0 Å². The molecular formula is C7H8N2O3. The van der Waals surface area contributed by atoms with Crippen LogP contribution < -0.4 is 10.6 Å². The van der Waals surface area contributed by atoms with E-state index in [4.69, 9.17) is 15.0 Å². The molecule has 2 heterocycles. The Morgan fingerprint density at radius 3 is 3.08 bits per heavy atom. The number of hydrogen-bond acceptors (Lipinski definition) is 4. The zero-order valence-electron chi connectivity index (χ0n) is 6.44. The molecule has 0 saturated carbocycles. The number of nitrogens with zero attached hydrogens (tertiary/aromatic N) is 1. The van der Waals surface area contributed by atoms with Crippen LogP contribution in [0.1, 0.15) is 0 Å². The molecule has 64 valence electrons. The van der Waals surface area contributed by atoms with Crippen molar-refractivity contribution in [2.24, 2.45) is 0 Å². The molecule has 3 N–H and O–H groups in total. The van der Waals surface area contributed by atoms with Gasteiger partial charge in [-0.1, -0.05) is 0 Å². The lowest BCUT2D eigenvalue weighted by Crippen LogP contribution is -2.08. The Morgan fingerprint density at radius 1 is 1.67 bits per heavy atom. The summed E-state index contributed by atoms with van der Waals surface area (Å²) in [5.41, 5.74) is 5.91. The first-order valence-corrected chi connectivity index (χ1v) is 3.36. The van der Waals surface area contributed by atoms with Gasteiger partial charge in [-0.2, -0.15) is 0 Å². The Bertz CT molecular complexity index is 415. The normalized spacial score (nSPS) is 10.8. The molecule has 0 atom stereocenters. The lowest BCUT2D eigenvalue weighted by atomic mass is 10.4. The smallest absolute Gasteiger partial charge is 0.246 e. The standard InChI is InChI=1S/C7H8N2O3/c1-11-9-6(8)5(10)4-2-3-12-7(4)9/h2-3,10H,8H2,1H3. The van der Waals surface area contributed by atoms with E-state index in [9.17, 15) is 5.11 Å². The van der Waals surface area contributed by atoms with E-state index in [0.717, 1.165) is 0 Å². The number of hydrogen-bond donors (Lipinski definition) is 2. The van der Waals surface area contributed by atoms with Crippen LogP contribution in [0.5, 0.6) is 5.75 Å². The van der Waals surface area contributed by atoms with Crippen LogP contribution in [0.25, 0.3) is 11.1 Å². The van der Waals surface area contributed by atoms with Gasteiger partial charge in [-0.3, -0.25) is 0 Å². The number of nitrogens with two attached hydrogens (primary N) is 1. The number of nitrogen functional groups attached to an aromatic ring is 1. The number of fused-ring (bicyclic) bond motifs is 1. The molecular weight excluding hydrogens is 160 g/mol. The third-order valence-electron chi connectivity index (χ3n) is 1.73. The number of furan rings is 1. The van der Waals surface area contributed by atoms with Crippen molar-refractivity contribution >= 4 is 16.9 Å². The molecule has 0 bridgehead atoms. The predicted molar refractivity (Wildman–Crippen MR) is 42.8 cm³/mol. The summed E-state index contributed by atoms with van der Waals surface area (Å²) < 4.78 is 6.27. The maximum atomic E-state index is 9.41. The van der Waals surface area contributed by atoms with Crippen molar-refractivity contribution in [3.63, 3.8) is 0 Å². The summed E-state index contributed by atoms with van der Waals surface area (Å²) in [7, 11) is 1.44. The number of rotatable bonds is 1. The Balaban J connectivity index is 2.88. The van der Waals surface area contributed by atoms with Crippen LogP contribution in [0, 0.1) is 0 Å². The van der Waals surface area contributed by atoms with Crippen LogP contribution in [0.15, 0.2) is 16.7 Å². The maximum absolute atomic E-state index is 9.41. The average Bonchev–Trinajstić information content (AvgIpc) is 2.59. The third-order valence-corrected chi connectivity index (χ3v) is 1.73. The van der Waals surface area contributed by atoms with Gasteiger partial charge in [0.15, 0.2) is 11.6 Å². The zero-order chi connectivity index (χ0) is 8.72. The largest absolute Gasteiger partial charge is 0.504 e. The monoisotopic (exact) mass is 168 g/mol. The molecule has 0 amide bonds. The molecule has 0 unspecified atom stereocenters. The van der Waals surface area contributed by atoms with Crippen molar-refractivity contribution in [2.75, 3.05) is 12.8 Å². The van der Waals surface area contributed by atoms with Crippen LogP contribution in [0.2, 0.25) is 0 Å². The highest BCUT2D eigenvalue weighted by Crippen LogP contribution is 2.33. The second-order valence-electron chi connectivity index (χ2n) is 2.35. The Morgan fingerprint density at radius 2 is 2.42 bits per heavy atom. The molecule has 0 radical (unpaired) electrons. The number of anilines is 1. The Labute approximate surface area is 67.9 Å². The molecule has 2 rings (SSSR count). The van der Waals surface area contributed by atoms with Crippen molar-refractivity contribution in [1.29, 1.82) is 0 Å². The van der Waals surface area contributed by atoms with Crippen molar-refractivity contribution in [3.8, 4) is 5.75 Å². The van der Waals surface area contributed by atoms with Crippen molar-refractivity contribution in [3.05, 3.63) is 12.3 Å². The molecule has 0 saturated heterocycles. The maximum Gasteiger partial charge on any atom is 0.246 e. The summed E-state index contributed by atoms with van der Waals surface area (Å²) in [5.74, 6) is 0.132. The van der Waals surface area contributed by atoms with E-state index in [0.29, 0.717) is 11.1 Å². The summed E-state index contributed by atoms with van der Waals surface area (Å²) in [5, 5.41) is 9.96. The van der Waals surface area contributed by atoms with Gasteiger partial charge in [0.1, 0.15) is 7.11 Å². The molecule has 0 aromatic carbocycles. The van der Waals surface area contributed by atoms with Gasteiger partial charge in [-0.05, 0) is 6.07 Å². The Hall–Kier alpha value is -1.78. The SMILES string of the molecule is COn1c(N)c(O)c2ccoc21. The van der Waals surface area contributed by atoms with Gasteiger partial charge in [-0.25, -0.2) is 0 Å². The Kier molecular flexibility index (Phi) is 1.21. The first-order valence-electron chi connectivity index (χ1n) is 3.36. The van der Waals surface area contributed by atoms with Crippen LogP contribution in [-0.2, 0) is 0 Å². The summed E-state index contributed by atoms with van der Waals surface area (Å²) in [6.45, 7) is 0. The molecule has 2 aromatic rings. The van der Waals surface area contributed by atoms with Crippen LogP contribution in [0.4, 0.5) is 5.82 Å². The molecule has 0 fully saturated rings. The molecule has 0 aliphatic carbocycles. The fraction of sp³-hybridized carbons (Fsp3) is 0.143. The van der Waals surface area contributed by atoms with E-state index in [-0.39, 0.29) is 11.6 Å². The van der Waals surface area contributed by atoms with E-state index in [2.05, 4.69) is 0 Å². The highest BCUT2D eigenvalue weighted by molar-refractivity contribution is 5.88. The first-order chi connectivity index (χ1) is 5.75. The molecule has 0 spiro atoms. The fourth-order valence-electron chi connectivity index (χ4n) is 1.16. The first kappa shape index (κ1) is 6.90. The average molecular weight is 168 g/mol. The molecule has 12 heavy (non-hydrogen) atoms. The number of aromatic nitrogens is 1. The van der Waals surface area contributed by atoms with Gasteiger partial charge < -0.3 is 20.1 Å². The van der Waals surface area contributed by atoms with Crippen molar-refractivity contribution in [1.82, 2.24) is 4.73 Å². The van der Waals surface area contributed by atoms with E-state index >= 15 is 0 Å². The third kappa shape index (κ3) is 0.623. The van der Waals surface area contributed by atoms with Gasteiger partial charge in [-0.15, -0.1) is 4.73 Å². The van der Waals surface area contributed by atoms with E-state index in [1.54, 1.807) is 6.07 Å². The van der Waals surface area contributed by atoms with Crippen LogP contribution in [-0.4, -0.2) is 16.9 Å². The van der Waals surface area contributed by atoms with Crippen LogP contribution >= 0.6 is 0 Å². The highest BCUT2D eigenvalue weighted by atomic mass is 16.7. The summed E-state index contributed by atoms with van der Waals surface area (Å²) in [6, 6.07) is 1.62. The minimum Gasteiger partial charge on any atom is -0.504 e. The highest BCUT2D eigenvalue weighted by Gasteiger charge is 2.16.